The van der Waals surface area contributed by atoms with Gasteiger partial charge in [-0.3, -0.25) is 0 Å². The van der Waals surface area contributed by atoms with Crippen molar-refractivity contribution >= 4 is 5.84 Å². The van der Waals surface area contributed by atoms with E-state index in [2.05, 4.69) is 12.1 Å². The van der Waals surface area contributed by atoms with Crippen molar-refractivity contribution in [2.45, 2.75) is 13.3 Å². The van der Waals surface area contributed by atoms with E-state index in [1.54, 1.807) is 12.1 Å². The molecule has 0 bridgehead atoms. The average molecular weight is 256 g/mol. The molecule has 4 nitrogen and oxygen atoms in total. The maximum absolute atomic E-state index is 8.77. The van der Waals surface area contributed by atoms with Gasteiger partial charge in [0.25, 0.3) is 0 Å². The standard InChI is InChI=1S/C15H16N2O2/c1-2-11-6-5-7-12(10-11)19-14-9-4-3-8-13(14)15(16)17-18/h3-10,18H,2H2,1H3,(H2,16,17). The number of ether oxygens (including phenoxy) is 1. The second-order valence-corrected chi connectivity index (χ2v) is 4.08. The summed E-state index contributed by atoms with van der Waals surface area (Å²) in [7, 11) is 0. The molecule has 2 aromatic carbocycles. The van der Waals surface area contributed by atoms with Crippen molar-refractivity contribution in [3.63, 3.8) is 0 Å². The van der Waals surface area contributed by atoms with Crippen molar-refractivity contribution in [2.75, 3.05) is 0 Å². The summed E-state index contributed by atoms with van der Waals surface area (Å²) >= 11 is 0. The maximum Gasteiger partial charge on any atom is 0.173 e. The molecule has 98 valence electrons. The van der Waals surface area contributed by atoms with Crippen molar-refractivity contribution in [2.24, 2.45) is 10.9 Å². The Bertz CT molecular complexity index is 594. The fourth-order valence-electron chi connectivity index (χ4n) is 1.78. The Hall–Kier alpha value is -2.49. The Balaban J connectivity index is 2.33. The van der Waals surface area contributed by atoms with Crippen molar-refractivity contribution in [1.82, 2.24) is 0 Å². The highest BCUT2D eigenvalue weighted by molar-refractivity contribution is 5.99. The first-order valence-corrected chi connectivity index (χ1v) is 6.08. The summed E-state index contributed by atoms with van der Waals surface area (Å²) in [6.07, 6.45) is 0.944. The third kappa shape index (κ3) is 3.04. The summed E-state index contributed by atoms with van der Waals surface area (Å²) < 4.78 is 5.80. The Morgan fingerprint density at radius 2 is 2.00 bits per heavy atom. The predicted octanol–water partition coefficient (Wildman–Crippen LogP) is 3.14. The summed E-state index contributed by atoms with van der Waals surface area (Å²) in [5, 5.41) is 11.8. The van der Waals surface area contributed by atoms with Gasteiger partial charge in [0, 0.05) is 0 Å². The smallest absolute Gasteiger partial charge is 0.173 e. The normalized spacial score (nSPS) is 11.3. The molecule has 0 heterocycles. The van der Waals surface area contributed by atoms with E-state index in [4.69, 9.17) is 15.7 Å². The zero-order valence-electron chi connectivity index (χ0n) is 10.7. The first kappa shape index (κ1) is 13.0. The van der Waals surface area contributed by atoms with E-state index in [9.17, 15) is 0 Å². The number of nitrogens with zero attached hydrogens (tertiary/aromatic N) is 1. The minimum atomic E-state index is 0.0299. The van der Waals surface area contributed by atoms with Crippen LogP contribution in [0.25, 0.3) is 0 Å². The molecule has 3 N–H and O–H groups in total. The minimum Gasteiger partial charge on any atom is -0.457 e. The van der Waals surface area contributed by atoms with Crippen molar-refractivity contribution in [1.29, 1.82) is 0 Å². The molecule has 0 fully saturated rings. The van der Waals surface area contributed by atoms with Crippen LogP contribution in [0.2, 0.25) is 0 Å². The minimum absolute atomic E-state index is 0.0299. The molecular weight excluding hydrogens is 240 g/mol. The number of amidine groups is 1. The van der Waals surface area contributed by atoms with Crippen LogP contribution < -0.4 is 10.5 Å². The van der Waals surface area contributed by atoms with Gasteiger partial charge in [-0.2, -0.15) is 0 Å². The average Bonchev–Trinajstić information content (AvgIpc) is 2.47. The van der Waals surface area contributed by atoms with E-state index in [1.165, 1.54) is 5.56 Å². The van der Waals surface area contributed by atoms with Crippen LogP contribution in [-0.4, -0.2) is 11.0 Å². The molecule has 0 unspecified atom stereocenters. The first-order valence-electron chi connectivity index (χ1n) is 6.08. The second kappa shape index (κ2) is 5.91. The van der Waals surface area contributed by atoms with Crippen molar-refractivity contribution in [3.8, 4) is 11.5 Å². The number of aryl methyl sites for hydroxylation is 1. The van der Waals surface area contributed by atoms with E-state index < -0.39 is 0 Å². The first-order chi connectivity index (χ1) is 9.24. The summed E-state index contributed by atoms with van der Waals surface area (Å²) in [5.74, 6) is 1.32. The van der Waals surface area contributed by atoms with Crippen LogP contribution in [0, 0.1) is 0 Å². The second-order valence-electron chi connectivity index (χ2n) is 4.08. The van der Waals surface area contributed by atoms with Crippen molar-refractivity contribution in [3.05, 3.63) is 59.7 Å². The highest BCUT2D eigenvalue weighted by Gasteiger charge is 2.08. The zero-order valence-corrected chi connectivity index (χ0v) is 10.7. The van der Waals surface area contributed by atoms with Gasteiger partial charge in [0.2, 0.25) is 0 Å². The summed E-state index contributed by atoms with van der Waals surface area (Å²) in [5.41, 5.74) is 7.38. The van der Waals surface area contributed by atoms with E-state index >= 15 is 0 Å². The molecule has 0 aliphatic carbocycles. The molecule has 0 radical (unpaired) electrons. The van der Waals surface area contributed by atoms with Gasteiger partial charge in [0.05, 0.1) is 5.56 Å². The molecule has 2 rings (SSSR count). The molecule has 0 spiro atoms. The number of hydrogen-bond acceptors (Lipinski definition) is 3. The van der Waals surface area contributed by atoms with Crippen molar-refractivity contribution < 1.29 is 9.94 Å². The lowest BCUT2D eigenvalue weighted by molar-refractivity contribution is 0.318. The van der Waals surface area contributed by atoms with Gasteiger partial charge < -0.3 is 15.7 Å². The van der Waals surface area contributed by atoms with Crippen LogP contribution in [0.3, 0.4) is 0 Å². The molecule has 2 aromatic rings. The largest absolute Gasteiger partial charge is 0.457 e. The Morgan fingerprint density at radius 1 is 1.21 bits per heavy atom. The van der Waals surface area contributed by atoms with Crippen LogP contribution in [0.5, 0.6) is 11.5 Å². The fraction of sp³-hybridized carbons (Fsp3) is 0.133. The highest BCUT2D eigenvalue weighted by atomic mass is 16.5. The molecule has 0 saturated heterocycles. The third-order valence-electron chi connectivity index (χ3n) is 2.81. The van der Waals surface area contributed by atoms with E-state index in [0.29, 0.717) is 11.3 Å². The zero-order chi connectivity index (χ0) is 13.7. The van der Waals surface area contributed by atoms with Gasteiger partial charge in [0.15, 0.2) is 5.84 Å². The molecule has 0 aromatic heterocycles. The molecule has 0 amide bonds. The monoisotopic (exact) mass is 256 g/mol. The Morgan fingerprint density at radius 3 is 2.74 bits per heavy atom. The predicted molar refractivity (Wildman–Crippen MR) is 74.8 cm³/mol. The third-order valence-corrected chi connectivity index (χ3v) is 2.81. The van der Waals surface area contributed by atoms with Gasteiger partial charge in [-0.1, -0.05) is 36.3 Å². The molecule has 0 atom stereocenters. The fourth-order valence-corrected chi connectivity index (χ4v) is 1.78. The number of rotatable bonds is 4. The summed E-state index contributed by atoms with van der Waals surface area (Å²) in [6.45, 7) is 2.09. The van der Waals surface area contributed by atoms with Crippen LogP contribution in [0.1, 0.15) is 18.1 Å². The van der Waals surface area contributed by atoms with E-state index in [-0.39, 0.29) is 5.84 Å². The quantitative estimate of drug-likeness (QED) is 0.382. The summed E-state index contributed by atoms with van der Waals surface area (Å²) in [4.78, 5) is 0. The Kier molecular flexibility index (Phi) is 4.03. The van der Waals surface area contributed by atoms with Crippen LogP contribution >= 0.6 is 0 Å². The lowest BCUT2D eigenvalue weighted by atomic mass is 10.1. The summed E-state index contributed by atoms with van der Waals surface area (Å²) in [6, 6.07) is 15.0. The lowest BCUT2D eigenvalue weighted by Gasteiger charge is -2.10. The molecule has 0 aliphatic rings. The van der Waals surface area contributed by atoms with E-state index in [1.807, 2.05) is 36.4 Å². The molecule has 4 heteroatoms. The van der Waals surface area contributed by atoms with Gasteiger partial charge >= 0.3 is 0 Å². The molecule has 19 heavy (non-hydrogen) atoms. The lowest BCUT2D eigenvalue weighted by Crippen LogP contribution is -2.14. The van der Waals surface area contributed by atoms with Crippen LogP contribution in [-0.2, 0) is 6.42 Å². The Labute approximate surface area is 112 Å². The van der Waals surface area contributed by atoms with Gasteiger partial charge in [-0.25, -0.2) is 0 Å². The number of nitrogens with two attached hydrogens (primary N) is 1. The van der Waals surface area contributed by atoms with Crippen LogP contribution in [0.4, 0.5) is 0 Å². The SMILES string of the molecule is CCc1cccc(Oc2ccccc2/C(N)=N/O)c1. The molecular formula is C15H16N2O2. The number of hydrogen-bond donors (Lipinski definition) is 2. The highest BCUT2D eigenvalue weighted by Crippen LogP contribution is 2.25. The number of benzene rings is 2. The van der Waals surface area contributed by atoms with Crippen LogP contribution in [0.15, 0.2) is 53.7 Å². The van der Waals surface area contributed by atoms with Gasteiger partial charge in [-0.05, 0) is 36.2 Å². The maximum atomic E-state index is 8.77. The van der Waals surface area contributed by atoms with Gasteiger partial charge in [0.1, 0.15) is 11.5 Å². The van der Waals surface area contributed by atoms with Gasteiger partial charge in [-0.15, -0.1) is 0 Å². The number of oxime groups is 1. The number of para-hydroxylation sites is 1. The topological polar surface area (TPSA) is 67.8 Å². The molecule has 0 saturated carbocycles. The van der Waals surface area contributed by atoms with E-state index in [0.717, 1.165) is 12.2 Å². The molecule has 0 aliphatic heterocycles.